The number of furan rings is 1. The predicted octanol–water partition coefficient (Wildman–Crippen LogP) is 5.27. The molecule has 4 heteroatoms. The van der Waals surface area contributed by atoms with Crippen molar-refractivity contribution in [2.75, 3.05) is 0 Å². The first-order valence-corrected chi connectivity index (χ1v) is 7.54. The van der Waals surface area contributed by atoms with Crippen molar-refractivity contribution in [3.05, 3.63) is 82.3 Å². The Labute approximate surface area is 135 Å². The zero-order valence-corrected chi connectivity index (χ0v) is 13.1. The molecule has 0 bridgehead atoms. The normalized spacial score (nSPS) is 10.6. The van der Waals surface area contributed by atoms with Gasteiger partial charge in [-0.3, -0.25) is 4.79 Å². The second-order valence-corrected chi connectivity index (χ2v) is 5.80. The fourth-order valence-electron chi connectivity index (χ4n) is 2.14. The molecule has 22 heavy (non-hydrogen) atoms. The third-order valence-electron chi connectivity index (χ3n) is 3.29. The molecule has 3 rings (SSSR count). The smallest absolute Gasteiger partial charge is 0.170 e. The molecule has 0 spiro atoms. The van der Waals surface area contributed by atoms with Gasteiger partial charge in [-0.1, -0.05) is 28.1 Å². The van der Waals surface area contributed by atoms with Gasteiger partial charge in [-0.15, -0.1) is 0 Å². The van der Waals surface area contributed by atoms with Gasteiger partial charge in [-0.2, -0.15) is 0 Å². The van der Waals surface area contributed by atoms with Crippen LogP contribution >= 0.6 is 15.9 Å². The van der Waals surface area contributed by atoms with Crippen LogP contribution in [0.25, 0.3) is 11.3 Å². The lowest BCUT2D eigenvalue weighted by Crippen LogP contribution is -2.02. The molecule has 0 amide bonds. The van der Waals surface area contributed by atoms with E-state index in [4.69, 9.17) is 4.42 Å². The maximum atomic E-state index is 12.9. The predicted molar refractivity (Wildman–Crippen MR) is 86.3 cm³/mol. The van der Waals surface area contributed by atoms with Crippen molar-refractivity contribution in [3.8, 4) is 11.3 Å². The van der Waals surface area contributed by atoms with Gasteiger partial charge in [-0.05, 0) is 48.5 Å². The highest BCUT2D eigenvalue weighted by atomic mass is 79.9. The van der Waals surface area contributed by atoms with Crippen molar-refractivity contribution in [1.29, 1.82) is 0 Å². The number of hydrogen-bond donors (Lipinski definition) is 0. The highest BCUT2D eigenvalue weighted by Gasteiger charge is 2.11. The van der Waals surface area contributed by atoms with E-state index >= 15 is 0 Å². The number of ketones is 1. The summed E-state index contributed by atoms with van der Waals surface area (Å²) in [5.41, 5.74) is 1.42. The Bertz CT molecular complexity index is 789. The van der Waals surface area contributed by atoms with Crippen LogP contribution in [0, 0.1) is 5.82 Å². The first kappa shape index (κ1) is 14.7. The topological polar surface area (TPSA) is 30.2 Å². The average molecular weight is 359 g/mol. The molecule has 2 nitrogen and oxygen atoms in total. The molecule has 3 aromatic rings. The van der Waals surface area contributed by atoms with Crippen LogP contribution in [0.4, 0.5) is 4.39 Å². The van der Waals surface area contributed by atoms with Crippen LogP contribution in [-0.4, -0.2) is 5.78 Å². The molecular formula is C18H12BrFO2. The van der Waals surface area contributed by atoms with Gasteiger partial charge >= 0.3 is 0 Å². The van der Waals surface area contributed by atoms with Crippen LogP contribution in [0.15, 0.2) is 69.6 Å². The Kier molecular flexibility index (Phi) is 4.20. The van der Waals surface area contributed by atoms with E-state index in [0.717, 1.165) is 15.8 Å². The SMILES string of the molecule is O=C(Cc1ccc(-c2ccc(Br)cc2)o1)c1ccc(F)cc1. The fourth-order valence-corrected chi connectivity index (χ4v) is 2.40. The number of carbonyl (C=O) groups excluding carboxylic acids is 1. The molecule has 0 saturated carbocycles. The van der Waals surface area contributed by atoms with Crippen molar-refractivity contribution in [2.24, 2.45) is 0 Å². The largest absolute Gasteiger partial charge is 0.461 e. The molecule has 0 N–H and O–H groups in total. The summed E-state index contributed by atoms with van der Waals surface area (Å²) < 4.78 is 19.6. The molecule has 0 aliphatic rings. The molecule has 0 fully saturated rings. The van der Waals surface area contributed by atoms with Gasteiger partial charge in [0.2, 0.25) is 0 Å². The zero-order valence-electron chi connectivity index (χ0n) is 11.6. The van der Waals surface area contributed by atoms with E-state index < -0.39 is 0 Å². The maximum Gasteiger partial charge on any atom is 0.170 e. The summed E-state index contributed by atoms with van der Waals surface area (Å²) in [6.45, 7) is 0. The Hall–Kier alpha value is -2.20. The summed E-state index contributed by atoms with van der Waals surface area (Å²) in [4.78, 5) is 12.1. The number of Topliss-reactive ketones (excluding diaryl/α,β-unsaturated/α-hetero) is 1. The Morgan fingerprint density at radius 1 is 0.955 bits per heavy atom. The highest BCUT2D eigenvalue weighted by Crippen LogP contribution is 2.24. The summed E-state index contributed by atoms with van der Waals surface area (Å²) in [5.74, 6) is 0.852. The molecule has 0 unspecified atom stereocenters. The minimum atomic E-state index is -0.355. The van der Waals surface area contributed by atoms with Crippen molar-refractivity contribution >= 4 is 21.7 Å². The summed E-state index contributed by atoms with van der Waals surface area (Å²) in [6.07, 6.45) is 0.155. The second kappa shape index (κ2) is 6.28. The van der Waals surface area contributed by atoms with Gasteiger partial charge in [0.15, 0.2) is 5.78 Å². The molecular weight excluding hydrogens is 347 g/mol. The van der Waals surface area contributed by atoms with E-state index in [2.05, 4.69) is 15.9 Å². The van der Waals surface area contributed by atoms with Gasteiger partial charge in [0.05, 0.1) is 6.42 Å². The van der Waals surface area contributed by atoms with Crippen molar-refractivity contribution in [3.63, 3.8) is 0 Å². The van der Waals surface area contributed by atoms with Crippen LogP contribution in [0.2, 0.25) is 0 Å². The number of carbonyl (C=O) groups is 1. The number of rotatable bonds is 4. The van der Waals surface area contributed by atoms with Crippen LogP contribution in [0.1, 0.15) is 16.1 Å². The lowest BCUT2D eigenvalue weighted by molar-refractivity contribution is 0.0987. The van der Waals surface area contributed by atoms with E-state index in [0.29, 0.717) is 11.3 Å². The summed E-state index contributed by atoms with van der Waals surface area (Å²) in [5, 5.41) is 0. The van der Waals surface area contributed by atoms with Gasteiger partial charge in [0.1, 0.15) is 17.3 Å². The maximum absolute atomic E-state index is 12.9. The van der Waals surface area contributed by atoms with E-state index in [1.54, 1.807) is 6.07 Å². The minimum absolute atomic E-state index is 0.100. The first-order valence-electron chi connectivity index (χ1n) is 6.75. The molecule has 0 atom stereocenters. The van der Waals surface area contributed by atoms with E-state index in [9.17, 15) is 9.18 Å². The third kappa shape index (κ3) is 3.34. The Morgan fingerprint density at radius 2 is 1.64 bits per heavy atom. The Balaban J connectivity index is 1.75. The Morgan fingerprint density at radius 3 is 2.32 bits per heavy atom. The van der Waals surface area contributed by atoms with Crippen molar-refractivity contribution in [1.82, 2.24) is 0 Å². The monoisotopic (exact) mass is 358 g/mol. The molecule has 0 aliphatic heterocycles. The van der Waals surface area contributed by atoms with Gasteiger partial charge in [-0.25, -0.2) is 4.39 Å². The zero-order chi connectivity index (χ0) is 15.5. The molecule has 0 radical (unpaired) electrons. The second-order valence-electron chi connectivity index (χ2n) is 4.88. The molecule has 0 aliphatic carbocycles. The molecule has 2 aromatic carbocycles. The van der Waals surface area contributed by atoms with Crippen molar-refractivity contribution < 1.29 is 13.6 Å². The lowest BCUT2D eigenvalue weighted by atomic mass is 10.1. The summed E-state index contributed by atoms with van der Waals surface area (Å²) in [7, 11) is 0. The number of benzene rings is 2. The molecule has 0 saturated heterocycles. The fraction of sp³-hybridized carbons (Fsp3) is 0.0556. The van der Waals surface area contributed by atoms with Crippen LogP contribution in [-0.2, 0) is 6.42 Å². The molecule has 110 valence electrons. The summed E-state index contributed by atoms with van der Waals surface area (Å²) >= 11 is 3.38. The standard InChI is InChI=1S/C18H12BrFO2/c19-14-5-1-13(2-6-14)18-10-9-16(22-18)11-17(21)12-3-7-15(20)8-4-12/h1-10H,11H2. The number of hydrogen-bond acceptors (Lipinski definition) is 2. The van der Waals surface area contributed by atoms with Crippen LogP contribution in [0.5, 0.6) is 0 Å². The lowest BCUT2D eigenvalue weighted by Gasteiger charge is -2.00. The van der Waals surface area contributed by atoms with E-state index in [1.165, 1.54) is 24.3 Å². The van der Waals surface area contributed by atoms with Crippen LogP contribution in [0.3, 0.4) is 0 Å². The van der Waals surface area contributed by atoms with Gasteiger partial charge in [0, 0.05) is 15.6 Å². The minimum Gasteiger partial charge on any atom is -0.461 e. The molecule has 1 aromatic heterocycles. The quantitative estimate of drug-likeness (QED) is 0.594. The molecule has 1 heterocycles. The third-order valence-corrected chi connectivity index (χ3v) is 3.82. The van der Waals surface area contributed by atoms with Crippen molar-refractivity contribution in [2.45, 2.75) is 6.42 Å². The summed E-state index contributed by atoms with van der Waals surface area (Å²) in [6, 6.07) is 16.9. The first-order chi connectivity index (χ1) is 10.6. The van der Waals surface area contributed by atoms with Gasteiger partial charge < -0.3 is 4.42 Å². The number of halogens is 2. The van der Waals surface area contributed by atoms with E-state index in [1.807, 2.05) is 30.3 Å². The van der Waals surface area contributed by atoms with Gasteiger partial charge in [0.25, 0.3) is 0 Å². The average Bonchev–Trinajstić information content (AvgIpc) is 2.97. The van der Waals surface area contributed by atoms with Crippen LogP contribution < -0.4 is 0 Å². The van der Waals surface area contributed by atoms with E-state index in [-0.39, 0.29) is 18.0 Å². The highest BCUT2D eigenvalue weighted by molar-refractivity contribution is 9.10.